The largest absolute Gasteiger partial charge is 0.458 e. The molecule has 3 aliphatic heterocycles. The normalized spacial score (nSPS) is 31.4. The number of cyclic esters (lactones) is 1. The van der Waals surface area contributed by atoms with E-state index in [-0.39, 0.29) is 37.4 Å². The SMILES string of the molecule is CC[C@H]1OC(=O)C(C)C(=O)[C@H](C)[C@@H](O[C@@H]2OC(C)CC(N(C)CC/C(N)=C/N(N)Cc3ccc([N+](=O)[O-])cc3)[C@H]2O)[C@](C)(OC)C[C@@H](C)C(=O)[C@H](C)[C@H]2N(CCCCn3cnc(-c4cccnc4)c3)C(=O)O[C@]12C. The summed E-state index contributed by atoms with van der Waals surface area (Å²) in [5.74, 6) is 0.824. The van der Waals surface area contributed by atoms with Crippen molar-refractivity contribution >= 4 is 29.3 Å². The highest BCUT2D eigenvalue weighted by Gasteiger charge is 2.60. The van der Waals surface area contributed by atoms with E-state index in [4.69, 9.17) is 35.3 Å². The molecule has 5 N–H and O–H groups in total. The molecule has 3 aliphatic rings. The molecule has 0 aliphatic carbocycles. The second-order valence-electron chi connectivity index (χ2n) is 20.9. The first-order chi connectivity index (χ1) is 35.0. The fourth-order valence-electron chi connectivity index (χ4n) is 11.1. The van der Waals surface area contributed by atoms with E-state index in [0.29, 0.717) is 44.5 Å². The fourth-order valence-corrected chi connectivity index (χ4v) is 11.1. The molecule has 13 atom stereocenters. The summed E-state index contributed by atoms with van der Waals surface area (Å²) in [7, 11) is 3.32. The van der Waals surface area contributed by atoms with Crippen LogP contribution >= 0.6 is 0 Å². The van der Waals surface area contributed by atoms with Crippen LogP contribution in [0.5, 0.6) is 0 Å². The summed E-state index contributed by atoms with van der Waals surface area (Å²) in [5, 5.41) is 24.5. The van der Waals surface area contributed by atoms with Gasteiger partial charge in [0.25, 0.3) is 5.69 Å². The van der Waals surface area contributed by atoms with Gasteiger partial charge in [0, 0.05) is 105 Å². The average molecular weight is 1030 g/mol. The summed E-state index contributed by atoms with van der Waals surface area (Å²) < 4.78 is 33.7. The first-order valence-corrected chi connectivity index (χ1v) is 25.7. The standard InChI is InChI=1S/C53H77N9O12/c1-11-43-53(8)47(61(51(67)74-53)23-13-12-22-59-30-41(57-31-59)38-15-14-21-56-27-38)34(4)44(63)32(2)26-52(7,70-10)48(35(5)45(64)36(6)49(66)72-43)73-50-46(65)42(25-33(3)71-50)58(9)24-20-39(54)29-60(55)28-37-16-18-40(19-17-37)62(68)69/h14-19,21,27,29-36,42-43,46-48,50,65H,11-13,20,22-26,28,54-55H2,1-10H3/b39-29-/t32-,33?,34+,35+,36?,42?,43-,46-,47-,48-,50+,52-,53-/m1/s1. The number of unbranched alkanes of at least 4 members (excludes halogenated alkanes) is 1. The Labute approximate surface area is 434 Å². The van der Waals surface area contributed by atoms with Crippen LogP contribution < -0.4 is 11.6 Å². The molecule has 0 spiro atoms. The number of Topliss-reactive ketones (excluding diaryl/α,β-unsaturated/α-hetero) is 2. The Hall–Kier alpha value is -5.84. The third kappa shape index (κ3) is 13.1. The number of carbonyl (C=O) groups is 4. The number of amides is 1. The number of nitrogens with two attached hydrogens (primary N) is 2. The van der Waals surface area contributed by atoms with E-state index in [1.54, 1.807) is 83.5 Å². The van der Waals surface area contributed by atoms with E-state index in [0.717, 1.165) is 16.8 Å². The Morgan fingerprint density at radius 1 is 1.04 bits per heavy atom. The van der Waals surface area contributed by atoms with Gasteiger partial charge < -0.3 is 53.9 Å². The number of benzene rings is 1. The third-order valence-electron chi connectivity index (χ3n) is 15.3. The van der Waals surface area contributed by atoms with E-state index in [1.165, 1.54) is 31.2 Å². The van der Waals surface area contributed by atoms with Gasteiger partial charge in [0.2, 0.25) is 0 Å². The van der Waals surface area contributed by atoms with Crippen LogP contribution in [0.15, 0.2) is 73.2 Å². The number of esters is 1. The lowest BCUT2D eigenvalue weighted by Gasteiger charge is -2.47. The van der Waals surface area contributed by atoms with Gasteiger partial charge in [-0.3, -0.25) is 29.5 Å². The Morgan fingerprint density at radius 2 is 1.74 bits per heavy atom. The molecule has 21 nitrogen and oxygen atoms in total. The molecule has 3 fully saturated rings. The number of likely N-dealkylation sites (N-methyl/N-ethyl adjacent to an activating group) is 1. The highest BCUT2D eigenvalue weighted by atomic mass is 16.7. The van der Waals surface area contributed by atoms with Crippen molar-refractivity contribution < 1.29 is 52.9 Å². The molecule has 6 rings (SSSR count). The summed E-state index contributed by atoms with van der Waals surface area (Å²) >= 11 is 0. The van der Waals surface area contributed by atoms with Crippen LogP contribution in [0.3, 0.4) is 0 Å². The summed E-state index contributed by atoms with van der Waals surface area (Å²) in [5.41, 5.74) is 6.46. The maximum Gasteiger partial charge on any atom is 0.410 e. The number of aliphatic hydroxyl groups excluding tert-OH is 1. The summed E-state index contributed by atoms with van der Waals surface area (Å²) in [6, 6.07) is 8.53. The second-order valence-corrected chi connectivity index (χ2v) is 20.9. The predicted molar refractivity (Wildman–Crippen MR) is 273 cm³/mol. The fraction of sp³-hybridized carbons (Fsp3) is 0.623. The number of non-ortho nitro benzene ring substituents is 1. The van der Waals surface area contributed by atoms with Crippen LogP contribution in [0.1, 0.15) is 99.5 Å². The predicted octanol–water partition coefficient (Wildman–Crippen LogP) is 5.77. The lowest BCUT2D eigenvalue weighted by molar-refractivity contribution is -0.384. The zero-order chi connectivity index (χ0) is 54.2. The first-order valence-electron chi connectivity index (χ1n) is 25.7. The number of ketones is 2. The van der Waals surface area contributed by atoms with Crippen molar-refractivity contribution in [1.29, 1.82) is 0 Å². The van der Waals surface area contributed by atoms with E-state index < -0.39 is 100 Å². The molecule has 3 aromatic rings. The molecule has 0 bridgehead atoms. The molecular formula is C53H77N9O12. The molecule has 406 valence electrons. The number of aliphatic hydroxyl groups is 1. The monoisotopic (exact) mass is 1030 g/mol. The van der Waals surface area contributed by atoms with Crippen LogP contribution in [0.25, 0.3) is 11.3 Å². The van der Waals surface area contributed by atoms with Crippen molar-refractivity contribution in [3.05, 3.63) is 88.9 Å². The lowest BCUT2D eigenvalue weighted by Crippen LogP contribution is -2.60. The number of methoxy groups -OCH3 is 1. The van der Waals surface area contributed by atoms with Gasteiger partial charge >= 0.3 is 12.1 Å². The average Bonchev–Trinajstić information content (AvgIpc) is 3.95. The van der Waals surface area contributed by atoms with Gasteiger partial charge in [0.05, 0.1) is 47.3 Å². The number of hydrogen-bond acceptors (Lipinski definition) is 18. The molecule has 3 unspecified atom stereocenters. The number of hydrazine groups is 1. The maximum atomic E-state index is 14.9. The number of aromatic nitrogens is 3. The highest BCUT2D eigenvalue weighted by molar-refractivity contribution is 6.00. The zero-order valence-electron chi connectivity index (χ0n) is 44.5. The molecule has 2 aromatic heterocycles. The van der Waals surface area contributed by atoms with Crippen LogP contribution in [-0.4, -0.2) is 144 Å². The number of fused-ring (bicyclic) bond motifs is 1. The number of pyridine rings is 1. The number of imidazole rings is 1. The topological polar surface area (TPSA) is 270 Å². The molecule has 1 amide bonds. The van der Waals surface area contributed by atoms with Crippen LogP contribution in [-0.2, 0) is 51.2 Å². The van der Waals surface area contributed by atoms with Crippen LogP contribution in [0.4, 0.5) is 10.5 Å². The minimum absolute atomic E-state index is 0.0232. The van der Waals surface area contributed by atoms with Crippen molar-refractivity contribution in [2.45, 2.75) is 161 Å². The quantitative estimate of drug-likeness (QED) is 0.0340. The summed E-state index contributed by atoms with van der Waals surface area (Å²) in [6.45, 7) is 15.3. The molecule has 0 radical (unpaired) electrons. The molecule has 21 heteroatoms. The number of nitro benzene ring substituents is 1. The number of carbonyl (C=O) groups excluding carboxylic acids is 4. The van der Waals surface area contributed by atoms with Crippen molar-refractivity contribution in [3.8, 4) is 11.3 Å². The van der Waals surface area contributed by atoms with Crippen molar-refractivity contribution in [2.24, 2.45) is 35.2 Å². The lowest BCUT2D eigenvalue weighted by atomic mass is 9.73. The number of rotatable bonds is 18. The van der Waals surface area contributed by atoms with Crippen LogP contribution in [0.2, 0.25) is 0 Å². The van der Waals surface area contributed by atoms with Crippen molar-refractivity contribution in [3.63, 3.8) is 0 Å². The Morgan fingerprint density at radius 3 is 2.39 bits per heavy atom. The van der Waals surface area contributed by atoms with Crippen molar-refractivity contribution in [2.75, 3.05) is 27.2 Å². The van der Waals surface area contributed by atoms with Gasteiger partial charge in [0.15, 0.2) is 17.7 Å². The van der Waals surface area contributed by atoms with Gasteiger partial charge in [-0.1, -0.05) is 39.8 Å². The van der Waals surface area contributed by atoms with E-state index in [1.807, 2.05) is 41.8 Å². The summed E-state index contributed by atoms with van der Waals surface area (Å²) in [6.07, 6.45) is 5.39. The molecule has 0 saturated carbocycles. The molecule has 5 heterocycles. The number of aryl methyl sites for hydroxylation is 1. The highest BCUT2D eigenvalue weighted by Crippen LogP contribution is 2.43. The first kappa shape index (κ1) is 57.4. The minimum Gasteiger partial charge on any atom is -0.458 e. The molecule has 74 heavy (non-hydrogen) atoms. The van der Waals surface area contributed by atoms with E-state index in [9.17, 15) is 34.4 Å². The third-order valence-corrected chi connectivity index (χ3v) is 15.3. The van der Waals surface area contributed by atoms with Crippen LogP contribution in [0, 0.1) is 33.8 Å². The second kappa shape index (κ2) is 24.7. The molecular weight excluding hydrogens is 955 g/mol. The number of nitro groups is 1. The smallest absolute Gasteiger partial charge is 0.410 e. The zero-order valence-corrected chi connectivity index (χ0v) is 44.5. The van der Waals surface area contributed by atoms with E-state index in [2.05, 4.69) is 9.97 Å². The van der Waals surface area contributed by atoms with Gasteiger partial charge in [-0.2, -0.15) is 0 Å². The van der Waals surface area contributed by atoms with E-state index >= 15 is 0 Å². The number of ether oxygens (including phenoxy) is 5. The molecule has 3 saturated heterocycles. The Kier molecular flexibility index (Phi) is 19.1. The summed E-state index contributed by atoms with van der Waals surface area (Å²) in [4.78, 5) is 80.6. The molecule has 1 aromatic carbocycles. The van der Waals surface area contributed by atoms with Gasteiger partial charge in [-0.05, 0) is 84.5 Å². The van der Waals surface area contributed by atoms with Gasteiger partial charge in [0.1, 0.15) is 23.9 Å². The Balaban J connectivity index is 1.19. The van der Waals surface area contributed by atoms with Gasteiger partial charge in [-0.25, -0.2) is 15.6 Å². The minimum atomic E-state index is -1.45. The number of nitrogens with zero attached hydrogens (tertiary/aromatic N) is 7. The number of hydrogen-bond donors (Lipinski definition) is 3. The Bertz CT molecular complexity index is 2440. The maximum absolute atomic E-state index is 14.9. The van der Waals surface area contributed by atoms with Gasteiger partial charge in [-0.15, -0.1) is 0 Å². The van der Waals surface area contributed by atoms with Crippen molar-refractivity contribution in [1.82, 2.24) is 29.3 Å².